The molecule has 4 fully saturated rings. The van der Waals surface area contributed by atoms with Crippen LogP contribution in [0.3, 0.4) is 0 Å². The number of benzene rings is 1. The first kappa shape index (κ1) is 19.2. The Labute approximate surface area is 167 Å². The maximum absolute atomic E-state index is 13.2. The first-order valence-corrected chi connectivity index (χ1v) is 10.7. The van der Waals surface area contributed by atoms with Crippen LogP contribution in [-0.2, 0) is 9.59 Å². The molecule has 28 heavy (non-hydrogen) atoms. The van der Waals surface area contributed by atoms with Crippen molar-refractivity contribution in [3.8, 4) is 0 Å². The van der Waals surface area contributed by atoms with Gasteiger partial charge in [0.2, 0.25) is 5.91 Å². The SMILES string of the molecule is O=C([O-])[C@@H]1C2CCC(CC2)[C@@H]1C(=O)N1CC[NH+](C/C=C/c2ccccc2)CC1. The van der Waals surface area contributed by atoms with E-state index in [-0.39, 0.29) is 23.7 Å². The largest absolute Gasteiger partial charge is 0.550 e. The first-order valence-electron chi connectivity index (χ1n) is 10.7. The number of nitrogens with zero attached hydrogens (tertiary/aromatic N) is 1. The van der Waals surface area contributed by atoms with Gasteiger partial charge in [0, 0.05) is 17.8 Å². The van der Waals surface area contributed by atoms with Gasteiger partial charge in [0.05, 0.1) is 32.7 Å². The number of carbonyl (C=O) groups excluding carboxylic acids is 2. The Balaban J connectivity index is 1.31. The lowest BCUT2D eigenvalue weighted by Crippen LogP contribution is -3.14. The maximum Gasteiger partial charge on any atom is 0.227 e. The molecule has 0 radical (unpaired) electrons. The Kier molecular flexibility index (Phi) is 5.81. The van der Waals surface area contributed by atoms with E-state index in [1.807, 2.05) is 23.1 Å². The summed E-state index contributed by atoms with van der Waals surface area (Å²) in [4.78, 5) is 28.3. The summed E-state index contributed by atoms with van der Waals surface area (Å²) < 4.78 is 0. The molecule has 4 aliphatic rings. The summed E-state index contributed by atoms with van der Waals surface area (Å²) in [5.41, 5.74) is 1.20. The van der Waals surface area contributed by atoms with E-state index < -0.39 is 11.9 Å². The van der Waals surface area contributed by atoms with Crippen LogP contribution in [0.5, 0.6) is 0 Å². The molecule has 5 heteroatoms. The van der Waals surface area contributed by atoms with Gasteiger partial charge >= 0.3 is 0 Å². The summed E-state index contributed by atoms with van der Waals surface area (Å²) in [5, 5.41) is 11.7. The number of rotatable bonds is 5. The molecule has 0 unspecified atom stereocenters. The van der Waals surface area contributed by atoms with Crippen molar-refractivity contribution in [2.75, 3.05) is 32.7 Å². The van der Waals surface area contributed by atoms with Crippen molar-refractivity contribution in [2.24, 2.45) is 23.7 Å². The van der Waals surface area contributed by atoms with E-state index in [1.165, 1.54) is 10.5 Å². The lowest BCUT2D eigenvalue weighted by Gasteiger charge is -2.49. The lowest BCUT2D eigenvalue weighted by molar-refractivity contribution is -0.898. The highest BCUT2D eigenvalue weighted by Crippen LogP contribution is 2.49. The van der Waals surface area contributed by atoms with E-state index in [1.54, 1.807) is 0 Å². The molecule has 2 bridgehead atoms. The van der Waals surface area contributed by atoms with Crippen LogP contribution in [0.4, 0.5) is 0 Å². The number of amides is 1. The van der Waals surface area contributed by atoms with E-state index in [2.05, 4.69) is 24.3 Å². The second kappa shape index (κ2) is 8.48. The van der Waals surface area contributed by atoms with Gasteiger partial charge in [0.1, 0.15) is 0 Å². The van der Waals surface area contributed by atoms with Crippen molar-refractivity contribution in [1.29, 1.82) is 0 Å². The molecule has 0 aromatic heterocycles. The zero-order valence-electron chi connectivity index (χ0n) is 16.4. The maximum atomic E-state index is 13.2. The average molecular weight is 383 g/mol. The molecule has 1 amide bonds. The van der Waals surface area contributed by atoms with Crippen LogP contribution in [0.1, 0.15) is 31.2 Å². The zero-order valence-corrected chi connectivity index (χ0v) is 16.4. The van der Waals surface area contributed by atoms with Crippen LogP contribution in [0.15, 0.2) is 36.4 Å². The predicted molar refractivity (Wildman–Crippen MR) is 105 cm³/mol. The van der Waals surface area contributed by atoms with Crippen molar-refractivity contribution in [3.63, 3.8) is 0 Å². The molecule has 150 valence electrons. The van der Waals surface area contributed by atoms with Crippen LogP contribution in [0.25, 0.3) is 6.08 Å². The Morgan fingerprint density at radius 1 is 1.00 bits per heavy atom. The number of nitrogens with one attached hydrogen (secondary N) is 1. The van der Waals surface area contributed by atoms with Crippen LogP contribution in [-0.4, -0.2) is 49.5 Å². The number of carboxylic acids is 1. The second-order valence-corrected chi connectivity index (χ2v) is 8.64. The van der Waals surface area contributed by atoms with Gasteiger partial charge in [-0.15, -0.1) is 0 Å². The standard InChI is InChI=1S/C23H30N2O3/c26-22(20-18-8-10-19(11-9-18)21(20)23(27)28)25-15-13-24(14-16-25)12-4-7-17-5-2-1-3-6-17/h1-7,18-21H,8-16H2,(H,27,28)/b7-4+/t18?,19?,20-,21+/m0/s1. The van der Waals surface area contributed by atoms with Gasteiger partial charge in [-0.3, -0.25) is 4.79 Å². The minimum atomic E-state index is -1.01. The Hall–Kier alpha value is -2.14. The molecular formula is C23H30N2O3. The van der Waals surface area contributed by atoms with Crippen LogP contribution in [0, 0.1) is 23.7 Å². The number of piperazine rings is 1. The van der Waals surface area contributed by atoms with E-state index in [0.29, 0.717) is 0 Å². The van der Waals surface area contributed by atoms with Crippen molar-refractivity contribution in [3.05, 3.63) is 42.0 Å². The zero-order chi connectivity index (χ0) is 19.5. The molecule has 1 aromatic rings. The molecule has 0 spiro atoms. The molecule has 3 aliphatic carbocycles. The molecule has 1 aliphatic heterocycles. The number of fused-ring (bicyclic) bond motifs is 3. The predicted octanol–water partition coefficient (Wildman–Crippen LogP) is 0.229. The van der Waals surface area contributed by atoms with E-state index >= 15 is 0 Å². The monoisotopic (exact) mass is 382 g/mol. The summed E-state index contributed by atoms with van der Waals surface area (Å²) in [6, 6.07) is 10.3. The van der Waals surface area contributed by atoms with Crippen molar-refractivity contribution in [1.82, 2.24) is 4.90 Å². The van der Waals surface area contributed by atoms with Gasteiger partial charge in [0.25, 0.3) is 0 Å². The molecule has 1 saturated heterocycles. The Morgan fingerprint density at radius 2 is 1.61 bits per heavy atom. The number of hydrogen-bond donors (Lipinski definition) is 1. The van der Waals surface area contributed by atoms with Crippen molar-refractivity contribution >= 4 is 18.0 Å². The van der Waals surface area contributed by atoms with Gasteiger partial charge < -0.3 is 19.7 Å². The molecule has 1 aromatic carbocycles. The fourth-order valence-electron chi connectivity index (χ4n) is 5.53. The topological polar surface area (TPSA) is 64.9 Å². The molecule has 5 nitrogen and oxygen atoms in total. The normalized spacial score (nSPS) is 30.6. The molecule has 1 heterocycles. The molecule has 5 rings (SSSR count). The highest BCUT2D eigenvalue weighted by atomic mass is 16.4. The smallest absolute Gasteiger partial charge is 0.227 e. The molecule has 2 atom stereocenters. The average Bonchev–Trinajstić information content (AvgIpc) is 2.74. The summed E-state index contributed by atoms with van der Waals surface area (Å²) in [5.74, 6) is -1.49. The highest BCUT2D eigenvalue weighted by molar-refractivity contribution is 5.85. The van der Waals surface area contributed by atoms with Gasteiger partial charge in [-0.05, 0) is 49.2 Å². The quantitative estimate of drug-likeness (QED) is 0.793. The Morgan fingerprint density at radius 3 is 2.21 bits per heavy atom. The van der Waals surface area contributed by atoms with Crippen LogP contribution < -0.4 is 10.0 Å². The summed E-state index contributed by atoms with van der Waals surface area (Å²) in [6.07, 6.45) is 8.24. The third kappa shape index (κ3) is 4.00. The third-order valence-corrected chi connectivity index (χ3v) is 7.08. The van der Waals surface area contributed by atoms with E-state index in [0.717, 1.165) is 58.4 Å². The van der Waals surface area contributed by atoms with Crippen molar-refractivity contribution in [2.45, 2.75) is 25.7 Å². The fraction of sp³-hybridized carbons (Fsp3) is 0.565. The first-order chi connectivity index (χ1) is 13.6. The third-order valence-electron chi connectivity index (χ3n) is 7.08. The molecule has 1 N–H and O–H groups in total. The van der Waals surface area contributed by atoms with E-state index in [4.69, 9.17) is 0 Å². The van der Waals surface area contributed by atoms with Gasteiger partial charge in [0.15, 0.2) is 0 Å². The highest BCUT2D eigenvalue weighted by Gasteiger charge is 2.49. The summed E-state index contributed by atoms with van der Waals surface area (Å²) in [7, 11) is 0. The number of hydrogen-bond acceptors (Lipinski definition) is 3. The summed E-state index contributed by atoms with van der Waals surface area (Å²) in [6.45, 7) is 4.23. The molecule has 3 saturated carbocycles. The van der Waals surface area contributed by atoms with Gasteiger partial charge in [-0.1, -0.05) is 36.4 Å². The fourth-order valence-corrected chi connectivity index (χ4v) is 5.53. The van der Waals surface area contributed by atoms with E-state index in [9.17, 15) is 14.7 Å². The minimum absolute atomic E-state index is 0.0717. The summed E-state index contributed by atoms with van der Waals surface area (Å²) >= 11 is 0. The lowest BCUT2D eigenvalue weighted by atomic mass is 9.58. The number of carboxylic acid groups (broad SMARTS) is 1. The van der Waals surface area contributed by atoms with Crippen LogP contribution >= 0.6 is 0 Å². The number of quaternary nitrogens is 1. The van der Waals surface area contributed by atoms with Crippen molar-refractivity contribution < 1.29 is 19.6 Å². The minimum Gasteiger partial charge on any atom is -0.550 e. The van der Waals surface area contributed by atoms with Gasteiger partial charge in [-0.2, -0.15) is 0 Å². The Bertz CT molecular complexity index is 717. The second-order valence-electron chi connectivity index (χ2n) is 8.64. The van der Waals surface area contributed by atoms with Crippen LogP contribution in [0.2, 0.25) is 0 Å². The molecular weight excluding hydrogens is 352 g/mol. The van der Waals surface area contributed by atoms with Gasteiger partial charge in [-0.25, -0.2) is 0 Å². The number of aliphatic carboxylic acids is 1. The number of carbonyl (C=O) groups is 2.